The summed E-state index contributed by atoms with van der Waals surface area (Å²) in [5.74, 6) is -2.28. The zero-order valence-corrected chi connectivity index (χ0v) is 27.1. The molecule has 2 aliphatic rings. The largest absolute Gasteiger partial charge is 0.494 e. The number of halogens is 1. The molecule has 0 saturated carbocycles. The quantitative estimate of drug-likeness (QED) is 0.0998. The monoisotopic (exact) mass is 653 g/mol. The number of methoxy groups -OCH3 is 1. The summed E-state index contributed by atoms with van der Waals surface area (Å²) in [7, 11) is 1.37. The van der Waals surface area contributed by atoms with Gasteiger partial charge in [-0.1, -0.05) is 20.8 Å². The minimum absolute atomic E-state index is 0.0102. The number of fused-ring (bicyclic) bond motifs is 5. The van der Waals surface area contributed by atoms with E-state index in [9.17, 15) is 28.7 Å². The maximum absolute atomic E-state index is 14.8. The second kappa shape index (κ2) is 13.4. The van der Waals surface area contributed by atoms with Gasteiger partial charge in [0.15, 0.2) is 17.2 Å². The molecule has 0 saturated heterocycles. The van der Waals surface area contributed by atoms with Gasteiger partial charge in [-0.05, 0) is 49.8 Å². The average Bonchev–Trinajstić information content (AvgIpc) is 3.41. The Labute approximate surface area is 270 Å². The summed E-state index contributed by atoms with van der Waals surface area (Å²) in [4.78, 5) is 55.5. The molecule has 0 spiro atoms. The third-order valence-corrected chi connectivity index (χ3v) is 8.92. The van der Waals surface area contributed by atoms with Gasteiger partial charge in [-0.3, -0.25) is 14.4 Å². The first kappa shape index (κ1) is 33.9. The van der Waals surface area contributed by atoms with E-state index in [2.05, 4.69) is 10.6 Å². The molecule has 4 heterocycles. The Bertz CT molecular complexity index is 1810. The number of nitrogens with zero attached hydrogens (tertiary/aromatic N) is 2. The number of ether oxygens (including phenoxy) is 3. The molecule has 2 amide bonds. The average molecular weight is 654 g/mol. The minimum Gasteiger partial charge on any atom is -0.494 e. The lowest BCUT2D eigenvalue weighted by molar-refractivity contribution is -0.172. The number of nitrogens with two attached hydrogens (primary N) is 1. The number of carbonyl (C=O) groups excluding carboxylic acids is 3. The number of hydrogen-bond acceptors (Lipinski definition) is 10. The lowest BCUT2D eigenvalue weighted by Crippen LogP contribution is -2.51. The number of aromatic nitrogens is 2. The molecular formula is C33H40FN5O8. The molecule has 14 heteroatoms. The second-order valence-electron chi connectivity index (χ2n) is 12.2. The van der Waals surface area contributed by atoms with E-state index in [1.807, 2.05) is 13.8 Å². The summed E-state index contributed by atoms with van der Waals surface area (Å²) in [6.07, 6.45) is 0.958. The predicted octanol–water partition coefficient (Wildman–Crippen LogP) is 1.74. The molecule has 252 valence electrons. The highest BCUT2D eigenvalue weighted by Crippen LogP contribution is 2.41. The number of aliphatic hydroxyl groups is 1. The van der Waals surface area contributed by atoms with E-state index in [1.54, 1.807) is 26.0 Å². The lowest BCUT2D eigenvalue weighted by atomic mass is 9.86. The summed E-state index contributed by atoms with van der Waals surface area (Å²) in [5, 5.41) is 17.1. The molecule has 3 atom stereocenters. The van der Waals surface area contributed by atoms with Crippen LogP contribution in [0, 0.1) is 11.7 Å². The number of pyridine rings is 2. The number of rotatable bonds is 12. The molecular weight excluding hydrogens is 613 g/mol. The molecule has 13 nitrogen and oxygen atoms in total. The highest BCUT2D eigenvalue weighted by Gasteiger charge is 2.45. The second-order valence-corrected chi connectivity index (χ2v) is 12.2. The van der Waals surface area contributed by atoms with Crippen molar-refractivity contribution in [1.82, 2.24) is 20.2 Å². The third kappa shape index (κ3) is 6.20. The molecule has 5 rings (SSSR count). The summed E-state index contributed by atoms with van der Waals surface area (Å²) < 4.78 is 32.4. The Morgan fingerprint density at radius 1 is 1.19 bits per heavy atom. The van der Waals surface area contributed by atoms with Crippen molar-refractivity contribution in [2.75, 3.05) is 20.4 Å². The van der Waals surface area contributed by atoms with Crippen molar-refractivity contribution < 1.29 is 38.1 Å². The number of carbonyl (C=O) groups is 3. The van der Waals surface area contributed by atoms with Crippen molar-refractivity contribution in [3.8, 4) is 17.1 Å². The molecule has 1 aromatic carbocycles. The molecule has 2 aromatic heterocycles. The van der Waals surface area contributed by atoms with Crippen LogP contribution in [0.2, 0.25) is 0 Å². The number of benzene rings is 1. The molecule has 5 N–H and O–H groups in total. The number of cyclic esters (lactones) is 1. The van der Waals surface area contributed by atoms with Crippen LogP contribution < -0.4 is 26.7 Å². The molecule has 3 aromatic rings. The predicted molar refractivity (Wildman–Crippen MR) is 169 cm³/mol. The van der Waals surface area contributed by atoms with Gasteiger partial charge in [-0.15, -0.1) is 0 Å². The van der Waals surface area contributed by atoms with Crippen LogP contribution in [0.4, 0.5) is 4.39 Å². The van der Waals surface area contributed by atoms with Gasteiger partial charge < -0.3 is 40.3 Å². The summed E-state index contributed by atoms with van der Waals surface area (Å²) in [6.45, 7) is 6.91. The van der Waals surface area contributed by atoms with Gasteiger partial charge in [0.05, 0.1) is 42.2 Å². The maximum atomic E-state index is 14.8. The van der Waals surface area contributed by atoms with Crippen LogP contribution in [0.15, 0.2) is 23.0 Å². The van der Waals surface area contributed by atoms with Gasteiger partial charge in [-0.25, -0.2) is 14.2 Å². The smallest absolute Gasteiger partial charge is 0.343 e. The van der Waals surface area contributed by atoms with Gasteiger partial charge >= 0.3 is 5.97 Å². The van der Waals surface area contributed by atoms with Crippen LogP contribution in [-0.4, -0.2) is 65.0 Å². The maximum Gasteiger partial charge on any atom is 0.343 e. The van der Waals surface area contributed by atoms with Gasteiger partial charge in [0.1, 0.15) is 19.4 Å². The normalized spacial score (nSPS) is 17.9. The van der Waals surface area contributed by atoms with Gasteiger partial charge in [0.2, 0.25) is 11.8 Å². The van der Waals surface area contributed by atoms with E-state index in [-0.39, 0.29) is 55.7 Å². The first-order chi connectivity index (χ1) is 22.3. The molecule has 0 fully saturated rings. The van der Waals surface area contributed by atoms with Crippen molar-refractivity contribution in [1.29, 1.82) is 0 Å². The van der Waals surface area contributed by atoms with Gasteiger partial charge in [0, 0.05) is 29.2 Å². The van der Waals surface area contributed by atoms with Gasteiger partial charge in [0.25, 0.3) is 5.56 Å². The molecule has 0 radical (unpaired) electrons. The van der Waals surface area contributed by atoms with E-state index >= 15 is 0 Å². The first-order valence-corrected chi connectivity index (χ1v) is 15.6. The first-order valence-electron chi connectivity index (χ1n) is 15.6. The van der Waals surface area contributed by atoms with Crippen LogP contribution in [0.1, 0.15) is 62.8 Å². The molecule has 0 unspecified atom stereocenters. The Hall–Kier alpha value is -4.40. The number of nitrogens with one attached hydrogen (secondary N) is 2. The van der Waals surface area contributed by atoms with Gasteiger partial charge in [-0.2, -0.15) is 0 Å². The van der Waals surface area contributed by atoms with Crippen LogP contribution in [0.25, 0.3) is 22.3 Å². The Kier molecular flexibility index (Phi) is 9.66. The standard InChI is InChI=1S/C33H40FN5O8/c1-6-33(44)22-11-25-28-20(13-39(25)31(42)21(22)14-47-32(33)43)18(19-10-26(45-5)23(34)12-24(19)38-28)8-7-9-46-15-36-29(40)17(4)37-30(41)27(35)16(2)3/h10-12,16-17,27,44H,6-9,13-15,35H2,1-5H3,(H,36,40)(H,37,41)/t17-,27-,33-/m0/s1. The fourth-order valence-electron chi connectivity index (χ4n) is 5.98. The third-order valence-electron chi connectivity index (χ3n) is 8.92. The Morgan fingerprint density at radius 3 is 2.62 bits per heavy atom. The highest BCUT2D eigenvalue weighted by molar-refractivity contribution is 5.91. The zero-order chi connectivity index (χ0) is 34.2. The van der Waals surface area contributed by atoms with E-state index < -0.39 is 46.8 Å². The lowest BCUT2D eigenvalue weighted by Gasteiger charge is -2.31. The Morgan fingerprint density at radius 2 is 1.94 bits per heavy atom. The van der Waals surface area contributed by atoms with Crippen molar-refractivity contribution in [2.24, 2.45) is 11.7 Å². The fraction of sp³-hybridized carbons (Fsp3) is 0.485. The SMILES string of the molecule is CC[C@@]1(O)C(=O)OCc2c1cc1n(c2=O)Cc2c-1nc1cc(F)c(OC)cc1c2CCCOCNC(=O)[C@H](C)NC(=O)[C@@H](N)C(C)C. The summed E-state index contributed by atoms with van der Waals surface area (Å²) in [5.41, 5.74) is 6.65. The number of amides is 2. The molecule has 0 aliphatic carbocycles. The summed E-state index contributed by atoms with van der Waals surface area (Å²) in [6, 6.07) is 2.94. The molecule has 2 aliphatic heterocycles. The topological polar surface area (TPSA) is 184 Å². The number of aryl methyl sites for hydroxylation is 1. The van der Waals surface area contributed by atoms with Crippen LogP contribution >= 0.6 is 0 Å². The number of hydrogen-bond donors (Lipinski definition) is 4. The molecule has 47 heavy (non-hydrogen) atoms. The molecule has 0 bridgehead atoms. The van der Waals surface area contributed by atoms with E-state index in [0.717, 1.165) is 11.1 Å². The highest BCUT2D eigenvalue weighted by atomic mass is 19.1. The van der Waals surface area contributed by atoms with E-state index in [0.29, 0.717) is 35.1 Å². The van der Waals surface area contributed by atoms with Crippen molar-refractivity contribution in [3.05, 3.63) is 56.6 Å². The minimum atomic E-state index is -1.97. The van der Waals surface area contributed by atoms with Crippen molar-refractivity contribution >= 4 is 28.7 Å². The van der Waals surface area contributed by atoms with Crippen LogP contribution in [0.5, 0.6) is 5.75 Å². The van der Waals surface area contributed by atoms with Crippen LogP contribution in [-0.2, 0) is 49.0 Å². The van der Waals surface area contributed by atoms with E-state index in [1.165, 1.54) is 17.7 Å². The zero-order valence-electron chi connectivity index (χ0n) is 27.1. The number of esters is 1. The van der Waals surface area contributed by atoms with Crippen LogP contribution in [0.3, 0.4) is 0 Å². The Balaban J connectivity index is 1.36. The van der Waals surface area contributed by atoms with Crippen molar-refractivity contribution in [3.63, 3.8) is 0 Å². The van der Waals surface area contributed by atoms with E-state index in [4.69, 9.17) is 24.9 Å². The van der Waals surface area contributed by atoms with Crippen molar-refractivity contribution in [2.45, 2.75) is 77.8 Å². The summed E-state index contributed by atoms with van der Waals surface area (Å²) >= 11 is 0. The fourth-order valence-corrected chi connectivity index (χ4v) is 5.98.